The van der Waals surface area contributed by atoms with Gasteiger partial charge in [0.15, 0.2) is 0 Å². The summed E-state index contributed by atoms with van der Waals surface area (Å²) >= 11 is 0. The second-order valence-electron chi connectivity index (χ2n) is 2.33. The molecule has 0 aliphatic rings. The zero-order valence-corrected chi connectivity index (χ0v) is 8.73. The van der Waals surface area contributed by atoms with Gasteiger partial charge >= 0.3 is 22.7 Å². The zero-order valence-electron chi connectivity index (χ0n) is 7.91. The van der Waals surface area contributed by atoms with E-state index in [2.05, 4.69) is 4.74 Å². The molecule has 0 bridgehead atoms. The van der Waals surface area contributed by atoms with Crippen LogP contribution in [0.25, 0.3) is 0 Å². The highest BCUT2D eigenvalue weighted by atomic mass is 32.3. The van der Waals surface area contributed by atoms with Gasteiger partial charge in [-0.1, -0.05) is 26.0 Å². The van der Waals surface area contributed by atoms with E-state index in [0.29, 0.717) is 0 Å². The minimum Gasteiger partial charge on any atom is -0.428 e. The maximum absolute atomic E-state index is 12.1. The van der Waals surface area contributed by atoms with Crippen LogP contribution >= 0.6 is 0 Å². The summed E-state index contributed by atoms with van der Waals surface area (Å²) in [6.07, 6.45) is -2.46. The van der Waals surface area contributed by atoms with Crippen LogP contribution < -0.4 is 4.74 Å². The van der Waals surface area contributed by atoms with E-state index >= 15 is 0 Å². The maximum Gasteiger partial charge on any atom is 0.476 e. The molecule has 1 aromatic rings. The van der Waals surface area contributed by atoms with E-state index in [4.69, 9.17) is 8.42 Å². The summed E-state index contributed by atoms with van der Waals surface area (Å²) in [5.41, 5.74) is 0. The lowest BCUT2D eigenvalue weighted by Gasteiger charge is -1.99. The van der Waals surface area contributed by atoms with Gasteiger partial charge in [0.1, 0.15) is 5.75 Å². The topological polar surface area (TPSA) is 43.4 Å². The smallest absolute Gasteiger partial charge is 0.428 e. The van der Waals surface area contributed by atoms with Crippen LogP contribution in [0.4, 0.5) is 20.9 Å². The van der Waals surface area contributed by atoms with Crippen molar-refractivity contribution in [3.63, 3.8) is 0 Å². The number of para-hydroxylation sites is 1. The van der Waals surface area contributed by atoms with E-state index in [1.54, 1.807) is 18.2 Å². The molecule has 0 spiro atoms. The van der Waals surface area contributed by atoms with Crippen LogP contribution in [0.3, 0.4) is 0 Å². The standard InChI is InChI=1S/C8H5F3O.F2O2S/c9-7(10)8(11)12-6-4-2-1-3-5-6;1-5(2,3)4/h1-5H;. The van der Waals surface area contributed by atoms with Crippen molar-refractivity contribution in [1.82, 2.24) is 0 Å². The van der Waals surface area contributed by atoms with Crippen molar-refractivity contribution in [2.45, 2.75) is 0 Å². The Kier molecular flexibility index (Phi) is 6.18. The molecule has 0 amide bonds. The average Bonchev–Trinajstić information content (AvgIpc) is 2.16. The maximum atomic E-state index is 12.1. The van der Waals surface area contributed by atoms with Crippen LogP contribution in [0.15, 0.2) is 42.4 Å². The third kappa shape index (κ3) is 10.6. The number of rotatable bonds is 2. The molecule has 1 rings (SSSR count). The molecule has 0 saturated heterocycles. The number of hydrogen-bond acceptors (Lipinski definition) is 3. The molecule has 0 heterocycles. The third-order valence-corrected chi connectivity index (χ3v) is 1.10. The first-order valence-corrected chi connectivity index (χ1v) is 5.06. The molecule has 0 unspecified atom stereocenters. The highest BCUT2D eigenvalue weighted by Gasteiger charge is 2.06. The molecule has 0 radical (unpaired) electrons. The van der Waals surface area contributed by atoms with Gasteiger partial charge in [-0.15, -0.1) is 0 Å². The van der Waals surface area contributed by atoms with E-state index < -0.39 is 22.7 Å². The van der Waals surface area contributed by atoms with Crippen LogP contribution in [-0.4, -0.2) is 8.42 Å². The Labute approximate surface area is 93.6 Å². The van der Waals surface area contributed by atoms with E-state index in [0.717, 1.165) is 0 Å². The summed E-state index contributed by atoms with van der Waals surface area (Å²) in [4.78, 5) is 0. The van der Waals surface area contributed by atoms with Gasteiger partial charge in [0.05, 0.1) is 0 Å². The summed E-state index contributed by atoms with van der Waals surface area (Å²) in [6, 6.07) is 5.67. The van der Waals surface area contributed by atoms with Gasteiger partial charge in [-0.25, -0.2) is 0 Å². The zero-order chi connectivity index (χ0) is 13.5. The molecular weight excluding hydrogens is 271 g/mol. The first-order chi connectivity index (χ1) is 7.70. The SMILES string of the molecule is FC(F)=C(F)Oc1ccccc1.O=S(=O)(F)F. The van der Waals surface area contributed by atoms with Crippen molar-refractivity contribution in [3.8, 4) is 5.75 Å². The molecule has 3 nitrogen and oxygen atoms in total. The Morgan fingerprint density at radius 3 is 1.76 bits per heavy atom. The first-order valence-electron chi connectivity index (χ1n) is 3.78. The number of ether oxygens (including phenoxy) is 1. The summed E-state index contributed by atoms with van der Waals surface area (Å²) in [5, 5.41) is 0. The Morgan fingerprint density at radius 2 is 1.41 bits per heavy atom. The Hall–Kier alpha value is -1.64. The number of halogens is 5. The van der Waals surface area contributed by atoms with Gasteiger partial charge in [-0.3, -0.25) is 0 Å². The van der Waals surface area contributed by atoms with E-state index in [9.17, 15) is 20.9 Å². The number of benzene rings is 1. The molecule has 0 aliphatic carbocycles. The van der Waals surface area contributed by atoms with Crippen LogP contribution in [-0.2, 0) is 10.6 Å². The molecule has 96 valence electrons. The molecular formula is C8H5F5O3S. The molecule has 9 heteroatoms. The third-order valence-electron chi connectivity index (χ3n) is 1.10. The lowest BCUT2D eigenvalue weighted by molar-refractivity contribution is 0.241. The van der Waals surface area contributed by atoms with E-state index in [1.165, 1.54) is 12.1 Å². The van der Waals surface area contributed by atoms with Crippen molar-refractivity contribution in [2.75, 3.05) is 0 Å². The lowest BCUT2D eigenvalue weighted by Crippen LogP contribution is -1.89. The fourth-order valence-electron chi connectivity index (χ4n) is 0.631. The van der Waals surface area contributed by atoms with Crippen molar-refractivity contribution < 1.29 is 34.1 Å². The van der Waals surface area contributed by atoms with Gasteiger partial charge in [-0.2, -0.15) is 21.6 Å². The minimum atomic E-state index is -5.67. The Morgan fingerprint density at radius 1 is 1.00 bits per heavy atom. The average molecular weight is 276 g/mol. The van der Waals surface area contributed by atoms with Crippen LogP contribution in [0.2, 0.25) is 0 Å². The molecule has 0 N–H and O–H groups in total. The van der Waals surface area contributed by atoms with Gasteiger partial charge in [0.2, 0.25) is 0 Å². The van der Waals surface area contributed by atoms with Gasteiger partial charge in [0, 0.05) is 0 Å². The quantitative estimate of drug-likeness (QED) is 0.473. The van der Waals surface area contributed by atoms with Crippen LogP contribution in [0, 0.1) is 0 Å². The molecule has 17 heavy (non-hydrogen) atoms. The summed E-state index contributed by atoms with van der Waals surface area (Å²) < 4.78 is 75.8. The predicted molar refractivity (Wildman–Crippen MR) is 48.6 cm³/mol. The first kappa shape index (κ1) is 15.4. The Bertz CT molecular complexity index is 459. The highest BCUT2D eigenvalue weighted by molar-refractivity contribution is 7.81. The molecule has 0 aromatic heterocycles. The monoisotopic (exact) mass is 276 g/mol. The predicted octanol–water partition coefficient (Wildman–Crippen LogP) is 3.27. The van der Waals surface area contributed by atoms with Gasteiger partial charge in [0.25, 0.3) is 0 Å². The minimum absolute atomic E-state index is 0.0443. The molecule has 0 atom stereocenters. The molecule has 0 saturated carbocycles. The lowest BCUT2D eigenvalue weighted by atomic mass is 10.3. The van der Waals surface area contributed by atoms with Crippen molar-refractivity contribution in [1.29, 1.82) is 0 Å². The summed E-state index contributed by atoms with van der Waals surface area (Å²) in [6.45, 7) is 0. The second kappa shape index (κ2) is 6.84. The fourth-order valence-corrected chi connectivity index (χ4v) is 0.631. The Balaban J connectivity index is 0.000000437. The number of hydrogen-bond donors (Lipinski definition) is 0. The molecule has 1 aromatic carbocycles. The van der Waals surface area contributed by atoms with Gasteiger partial charge < -0.3 is 4.74 Å². The van der Waals surface area contributed by atoms with Crippen LogP contribution in [0.1, 0.15) is 0 Å². The second-order valence-corrected chi connectivity index (χ2v) is 3.08. The largest absolute Gasteiger partial charge is 0.476 e. The normalized spacial score (nSPS) is 9.94. The molecule has 0 fully saturated rings. The van der Waals surface area contributed by atoms with Crippen molar-refractivity contribution in [3.05, 3.63) is 42.4 Å². The van der Waals surface area contributed by atoms with Crippen molar-refractivity contribution >= 4 is 10.6 Å². The van der Waals surface area contributed by atoms with Gasteiger partial charge in [-0.05, 0) is 12.1 Å². The summed E-state index contributed by atoms with van der Waals surface area (Å²) in [7, 11) is -5.67. The highest BCUT2D eigenvalue weighted by Crippen LogP contribution is 2.16. The summed E-state index contributed by atoms with van der Waals surface area (Å²) in [5.74, 6) is 0.0443. The van der Waals surface area contributed by atoms with Crippen LogP contribution in [0.5, 0.6) is 5.75 Å². The fraction of sp³-hybridized carbons (Fsp3) is 0. The van der Waals surface area contributed by atoms with E-state index in [-0.39, 0.29) is 5.75 Å². The van der Waals surface area contributed by atoms with E-state index in [1.807, 2.05) is 0 Å². The van der Waals surface area contributed by atoms with Crippen molar-refractivity contribution in [2.24, 2.45) is 0 Å². The molecule has 0 aliphatic heterocycles.